The molecule has 0 aliphatic carbocycles. The quantitative estimate of drug-likeness (QED) is 0.668. The maximum absolute atomic E-state index is 13.4. The molecule has 0 saturated carbocycles. The highest BCUT2D eigenvalue weighted by atomic mass is 79.9. The van der Waals surface area contributed by atoms with Gasteiger partial charge in [-0.25, -0.2) is 19.0 Å². The standard InChI is InChI=1S/C11H7BrF3N3O/c12-6-2-1-5(3-7(6)13)19-11-9(15)4-8(14)10(17-11)18-16/h1-4H,16H2,(H,17,18). The Morgan fingerprint density at radius 3 is 2.47 bits per heavy atom. The molecule has 19 heavy (non-hydrogen) atoms. The molecule has 0 atom stereocenters. The van der Waals surface area contributed by atoms with Crippen LogP contribution in [-0.2, 0) is 0 Å². The maximum atomic E-state index is 13.4. The first-order chi connectivity index (χ1) is 9.01. The lowest BCUT2D eigenvalue weighted by Crippen LogP contribution is -2.11. The van der Waals surface area contributed by atoms with Gasteiger partial charge in [0.15, 0.2) is 17.5 Å². The third-order valence-electron chi connectivity index (χ3n) is 2.14. The second-order valence-electron chi connectivity index (χ2n) is 3.43. The van der Waals surface area contributed by atoms with Crippen LogP contribution in [0.15, 0.2) is 28.7 Å². The molecule has 4 nitrogen and oxygen atoms in total. The minimum atomic E-state index is -1.03. The summed E-state index contributed by atoms with van der Waals surface area (Å²) in [5.74, 6) is 1.55. The van der Waals surface area contributed by atoms with Gasteiger partial charge in [-0.2, -0.15) is 4.98 Å². The molecular weight excluding hydrogens is 327 g/mol. The number of nitrogens with one attached hydrogen (secondary N) is 1. The molecule has 2 rings (SSSR count). The highest BCUT2D eigenvalue weighted by Gasteiger charge is 2.13. The predicted octanol–water partition coefficient (Wildman–Crippen LogP) is 3.34. The molecule has 0 saturated heterocycles. The Labute approximate surface area is 114 Å². The number of rotatable bonds is 3. The summed E-state index contributed by atoms with van der Waals surface area (Å²) in [7, 11) is 0. The Balaban J connectivity index is 2.34. The van der Waals surface area contributed by atoms with E-state index in [2.05, 4.69) is 20.9 Å². The van der Waals surface area contributed by atoms with E-state index >= 15 is 0 Å². The second kappa shape index (κ2) is 5.45. The van der Waals surface area contributed by atoms with Crippen LogP contribution in [0.1, 0.15) is 0 Å². The van der Waals surface area contributed by atoms with Crippen molar-refractivity contribution in [2.24, 2.45) is 5.84 Å². The zero-order valence-electron chi connectivity index (χ0n) is 9.25. The van der Waals surface area contributed by atoms with Crippen LogP contribution in [0.2, 0.25) is 0 Å². The van der Waals surface area contributed by atoms with Gasteiger partial charge in [-0.05, 0) is 28.1 Å². The van der Waals surface area contributed by atoms with Gasteiger partial charge < -0.3 is 10.2 Å². The van der Waals surface area contributed by atoms with Crippen LogP contribution in [0, 0.1) is 17.5 Å². The number of nitrogens with two attached hydrogens (primary N) is 1. The Bertz CT molecular complexity index is 624. The molecule has 1 aromatic carbocycles. The van der Waals surface area contributed by atoms with Gasteiger partial charge in [0.05, 0.1) is 4.47 Å². The van der Waals surface area contributed by atoms with Crippen LogP contribution >= 0.6 is 15.9 Å². The van der Waals surface area contributed by atoms with Crippen molar-refractivity contribution in [1.29, 1.82) is 0 Å². The second-order valence-corrected chi connectivity index (χ2v) is 4.28. The number of nitrogen functional groups attached to an aromatic ring is 1. The van der Waals surface area contributed by atoms with E-state index in [4.69, 9.17) is 10.6 Å². The Morgan fingerprint density at radius 1 is 1.11 bits per heavy atom. The Hall–Kier alpha value is -1.80. The first-order valence-electron chi connectivity index (χ1n) is 4.97. The lowest BCUT2D eigenvalue weighted by molar-refractivity contribution is 0.415. The fraction of sp³-hybridized carbons (Fsp3) is 0. The average Bonchev–Trinajstić information content (AvgIpc) is 2.37. The normalized spacial score (nSPS) is 10.4. The first kappa shape index (κ1) is 13.6. The maximum Gasteiger partial charge on any atom is 0.258 e. The van der Waals surface area contributed by atoms with Gasteiger partial charge in [-0.1, -0.05) is 0 Å². The summed E-state index contributed by atoms with van der Waals surface area (Å²) < 4.78 is 45.1. The molecule has 0 bridgehead atoms. The molecule has 0 aliphatic rings. The van der Waals surface area contributed by atoms with Crippen LogP contribution in [0.4, 0.5) is 19.0 Å². The molecule has 0 unspecified atom stereocenters. The van der Waals surface area contributed by atoms with Crippen molar-refractivity contribution >= 4 is 21.7 Å². The summed E-state index contributed by atoms with van der Waals surface area (Å²) in [6, 6.07) is 4.37. The van der Waals surface area contributed by atoms with Crippen LogP contribution in [-0.4, -0.2) is 4.98 Å². The highest BCUT2D eigenvalue weighted by molar-refractivity contribution is 9.10. The van der Waals surface area contributed by atoms with E-state index in [9.17, 15) is 13.2 Å². The molecular formula is C11H7BrF3N3O. The number of ether oxygens (including phenoxy) is 1. The number of benzene rings is 1. The van der Waals surface area contributed by atoms with Gasteiger partial charge in [0, 0.05) is 12.1 Å². The molecule has 1 heterocycles. The van der Waals surface area contributed by atoms with Crippen LogP contribution < -0.4 is 16.0 Å². The fourth-order valence-electron chi connectivity index (χ4n) is 1.27. The molecule has 0 amide bonds. The lowest BCUT2D eigenvalue weighted by atomic mass is 10.3. The minimum absolute atomic E-state index is 0.0154. The van der Waals surface area contributed by atoms with E-state index in [0.29, 0.717) is 6.07 Å². The smallest absolute Gasteiger partial charge is 0.258 e. The van der Waals surface area contributed by atoms with Gasteiger partial charge in [0.2, 0.25) is 0 Å². The van der Waals surface area contributed by atoms with Crippen molar-refractivity contribution in [2.75, 3.05) is 5.43 Å². The number of halogens is 4. The third-order valence-corrected chi connectivity index (χ3v) is 2.78. The molecule has 2 aromatic rings. The summed E-state index contributed by atoms with van der Waals surface area (Å²) >= 11 is 2.97. The molecule has 0 fully saturated rings. The van der Waals surface area contributed by atoms with Crippen LogP contribution in [0.5, 0.6) is 11.6 Å². The predicted molar refractivity (Wildman–Crippen MR) is 66.1 cm³/mol. The summed E-state index contributed by atoms with van der Waals surface area (Å²) in [5, 5.41) is 0. The van der Waals surface area contributed by atoms with Crippen molar-refractivity contribution < 1.29 is 17.9 Å². The molecule has 8 heteroatoms. The molecule has 0 radical (unpaired) electrons. The van der Waals surface area contributed by atoms with E-state index in [0.717, 1.165) is 6.07 Å². The van der Waals surface area contributed by atoms with Crippen molar-refractivity contribution in [3.05, 3.63) is 46.2 Å². The topological polar surface area (TPSA) is 60.2 Å². The lowest BCUT2D eigenvalue weighted by Gasteiger charge is -2.08. The van der Waals surface area contributed by atoms with Crippen molar-refractivity contribution in [3.8, 4) is 11.6 Å². The third kappa shape index (κ3) is 2.96. The zero-order chi connectivity index (χ0) is 14.0. The number of anilines is 1. The highest BCUT2D eigenvalue weighted by Crippen LogP contribution is 2.28. The molecule has 1 aromatic heterocycles. The molecule has 0 spiro atoms. The number of nitrogens with zero attached hydrogens (tertiary/aromatic N) is 1. The monoisotopic (exact) mass is 333 g/mol. The van der Waals surface area contributed by atoms with E-state index < -0.39 is 23.3 Å². The number of hydrogen-bond acceptors (Lipinski definition) is 4. The number of pyridine rings is 1. The van der Waals surface area contributed by atoms with E-state index in [1.807, 2.05) is 5.43 Å². The van der Waals surface area contributed by atoms with E-state index in [1.54, 1.807) is 0 Å². The SMILES string of the molecule is NNc1nc(Oc2ccc(Br)c(F)c2)c(F)cc1F. The largest absolute Gasteiger partial charge is 0.436 e. The average molecular weight is 334 g/mol. The van der Waals surface area contributed by atoms with Crippen molar-refractivity contribution in [3.63, 3.8) is 0 Å². The molecule has 3 N–H and O–H groups in total. The number of hydrazine groups is 1. The molecule has 0 aliphatic heterocycles. The van der Waals surface area contributed by atoms with Gasteiger partial charge in [-0.3, -0.25) is 0 Å². The van der Waals surface area contributed by atoms with Gasteiger partial charge >= 0.3 is 0 Å². The van der Waals surface area contributed by atoms with Crippen LogP contribution in [0.25, 0.3) is 0 Å². The van der Waals surface area contributed by atoms with Crippen molar-refractivity contribution in [1.82, 2.24) is 4.98 Å². The summed E-state index contributed by atoms with van der Waals surface area (Å²) in [4.78, 5) is 3.50. The number of aromatic nitrogens is 1. The van der Waals surface area contributed by atoms with E-state index in [1.165, 1.54) is 12.1 Å². The van der Waals surface area contributed by atoms with Crippen LogP contribution in [0.3, 0.4) is 0 Å². The number of hydrogen-bond donors (Lipinski definition) is 2. The summed E-state index contributed by atoms with van der Waals surface area (Å²) in [6.07, 6.45) is 0. The van der Waals surface area contributed by atoms with Gasteiger partial charge in [0.1, 0.15) is 11.6 Å². The molecule has 100 valence electrons. The first-order valence-corrected chi connectivity index (χ1v) is 5.76. The summed E-state index contributed by atoms with van der Waals surface area (Å²) in [6.45, 7) is 0. The van der Waals surface area contributed by atoms with Gasteiger partial charge in [0.25, 0.3) is 5.88 Å². The zero-order valence-corrected chi connectivity index (χ0v) is 10.8. The van der Waals surface area contributed by atoms with Gasteiger partial charge in [-0.15, -0.1) is 0 Å². The minimum Gasteiger partial charge on any atom is -0.436 e. The van der Waals surface area contributed by atoms with E-state index in [-0.39, 0.29) is 16.0 Å². The Morgan fingerprint density at radius 2 is 1.84 bits per heavy atom. The Kier molecular flexibility index (Phi) is 3.91. The summed E-state index contributed by atoms with van der Waals surface area (Å²) in [5.41, 5.74) is 1.95. The van der Waals surface area contributed by atoms with Crippen molar-refractivity contribution in [2.45, 2.75) is 0 Å². The fourth-order valence-corrected chi connectivity index (χ4v) is 1.52.